The molecule has 0 radical (unpaired) electrons. The summed E-state index contributed by atoms with van der Waals surface area (Å²) in [5, 5.41) is 7.64. The molecule has 19 heavy (non-hydrogen) atoms. The maximum Gasteiger partial charge on any atom is 0.254 e. The first kappa shape index (κ1) is 13.7. The average molecular weight is 262 g/mol. The van der Waals surface area contributed by atoms with Crippen LogP contribution in [0, 0.1) is 12.3 Å². The lowest BCUT2D eigenvalue weighted by Gasteiger charge is -2.30. The Bertz CT molecular complexity index is 535. The molecule has 0 bridgehead atoms. The molecule has 0 spiro atoms. The first-order valence-corrected chi connectivity index (χ1v) is 6.75. The number of fused-ring (bicyclic) bond motifs is 1. The van der Waals surface area contributed by atoms with E-state index >= 15 is 0 Å². The van der Waals surface area contributed by atoms with Crippen LogP contribution in [0.25, 0.3) is 5.78 Å². The number of aryl methyl sites for hydroxylation is 1. The van der Waals surface area contributed by atoms with Crippen LogP contribution in [0.2, 0.25) is 0 Å². The third kappa shape index (κ3) is 2.68. The Morgan fingerprint density at radius 1 is 1.37 bits per heavy atom. The highest BCUT2D eigenvalue weighted by atomic mass is 15.3. The van der Waals surface area contributed by atoms with Gasteiger partial charge in [0.05, 0.1) is 0 Å². The van der Waals surface area contributed by atoms with Crippen molar-refractivity contribution in [3.8, 4) is 0 Å². The molecule has 0 aromatic carbocycles. The molecule has 0 aliphatic rings. The van der Waals surface area contributed by atoms with E-state index < -0.39 is 0 Å². The second kappa shape index (κ2) is 5.52. The molecular formula is C13H22N6. The fourth-order valence-electron chi connectivity index (χ4n) is 2.20. The second-order valence-electron chi connectivity index (χ2n) is 5.02. The minimum atomic E-state index is 0.129. The Kier molecular flexibility index (Phi) is 3.99. The Hall–Kier alpha value is -1.69. The molecule has 0 saturated heterocycles. The van der Waals surface area contributed by atoms with Crippen molar-refractivity contribution >= 4 is 11.6 Å². The Balaban J connectivity index is 2.24. The predicted octanol–water partition coefficient (Wildman–Crippen LogP) is 1.61. The van der Waals surface area contributed by atoms with Crippen LogP contribution in [0.3, 0.4) is 0 Å². The quantitative estimate of drug-likeness (QED) is 0.826. The molecule has 2 aromatic rings. The van der Waals surface area contributed by atoms with Crippen LogP contribution >= 0.6 is 0 Å². The molecule has 0 amide bonds. The molecule has 104 valence electrons. The highest BCUT2D eigenvalue weighted by molar-refractivity contribution is 5.44. The number of hydrogen-bond acceptors (Lipinski definition) is 5. The van der Waals surface area contributed by atoms with Gasteiger partial charge in [0.15, 0.2) is 0 Å². The molecule has 0 atom stereocenters. The molecule has 0 unspecified atom stereocenters. The third-order valence-electron chi connectivity index (χ3n) is 3.96. The maximum absolute atomic E-state index is 5.93. The molecule has 3 N–H and O–H groups in total. The van der Waals surface area contributed by atoms with E-state index in [1.807, 2.05) is 13.0 Å². The smallest absolute Gasteiger partial charge is 0.254 e. The maximum atomic E-state index is 5.93. The summed E-state index contributed by atoms with van der Waals surface area (Å²) in [6, 6.07) is 1.98. The van der Waals surface area contributed by atoms with E-state index in [9.17, 15) is 0 Å². The number of aromatic nitrogens is 4. The number of anilines is 1. The van der Waals surface area contributed by atoms with Gasteiger partial charge >= 0.3 is 0 Å². The van der Waals surface area contributed by atoms with Crippen molar-refractivity contribution in [1.82, 2.24) is 19.6 Å². The summed E-state index contributed by atoms with van der Waals surface area (Å²) < 4.78 is 1.72. The fourth-order valence-corrected chi connectivity index (χ4v) is 2.20. The van der Waals surface area contributed by atoms with Crippen LogP contribution in [0.1, 0.15) is 32.4 Å². The average Bonchev–Trinajstić information content (AvgIpc) is 2.88. The van der Waals surface area contributed by atoms with Crippen molar-refractivity contribution in [2.45, 2.75) is 33.6 Å². The van der Waals surface area contributed by atoms with Gasteiger partial charge in [-0.15, -0.1) is 0 Å². The van der Waals surface area contributed by atoms with Crippen LogP contribution in [-0.2, 0) is 0 Å². The van der Waals surface area contributed by atoms with Crippen molar-refractivity contribution in [3.63, 3.8) is 0 Å². The molecule has 0 saturated carbocycles. The van der Waals surface area contributed by atoms with E-state index in [4.69, 9.17) is 5.73 Å². The lowest BCUT2D eigenvalue weighted by atomic mass is 9.82. The fraction of sp³-hybridized carbons (Fsp3) is 0.615. The van der Waals surface area contributed by atoms with Gasteiger partial charge in [0.25, 0.3) is 5.78 Å². The van der Waals surface area contributed by atoms with Gasteiger partial charge in [0, 0.05) is 18.3 Å². The number of nitrogens with zero attached hydrogens (tertiary/aromatic N) is 4. The topological polar surface area (TPSA) is 81.1 Å². The zero-order chi connectivity index (χ0) is 13.9. The van der Waals surface area contributed by atoms with E-state index in [0.717, 1.165) is 30.9 Å². The first-order chi connectivity index (χ1) is 9.14. The van der Waals surface area contributed by atoms with Crippen LogP contribution < -0.4 is 11.1 Å². The van der Waals surface area contributed by atoms with E-state index in [1.165, 1.54) is 6.33 Å². The minimum Gasteiger partial charge on any atom is -0.369 e. The van der Waals surface area contributed by atoms with Gasteiger partial charge in [0.1, 0.15) is 12.1 Å². The van der Waals surface area contributed by atoms with Gasteiger partial charge < -0.3 is 11.1 Å². The number of nitrogens with two attached hydrogens (primary N) is 1. The Labute approximate surface area is 113 Å². The lowest BCUT2D eigenvalue weighted by Crippen LogP contribution is -2.36. The summed E-state index contributed by atoms with van der Waals surface area (Å²) in [7, 11) is 0. The van der Waals surface area contributed by atoms with Crippen LogP contribution in [0.15, 0.2) is 12.4 Å². The molecule has 2 rings (SSSR count). The van der Waals surface area contributed by atoms with Crippen molar-refractivity contribution in [2.75, 3.05) is 18.4 Å². The predicted molar refractivity (Wildman–Crippen MR) is 76.1 cm³/mol. The van der Waals surface area contributed by atoms with Gasteiger partial charge in [-0.1, -0.05) is 13.8 Å². The SMILES string of the molecule is CCC(CC)(CN)CNc1cc(C)nc2ncnn12. The Morgan fingerprint density at radius 2 is 2.11 bits per heavy atom. The summed E-state index contributed by atoms with van der Waals surface area (Å²) in [5.74, 6) is 1.54. The van der Waals surface area contributed by atoms with Gasteiger partial charge in [-0.3, -0.25) is 0 Å². The summed E-state index contributed by atoms with van der Waals surface area (Å²) in [6.45, 7) is 7.82. The van der Waals surface area contributed by atoms with Crippen LogP contribution in [-0.4, -0.2) is 32.7 Å². The van der Waals surface area contributed by atoms with Gasteiger partial charge in [-0.25, -0.2) is 4.98 Å². The van der Waals surface area contributed by atoms with Crippen molar-refractivity contribution in [2.24, 2.45) is 11.1 Å². The summed E-state index contributed by atoms with van der Waals surface area (Å²) in [4.78, 5) is 8.45. The van der Waals surface area contributed by atoms with E-state index in [0.29, 0.717) is 12.3 Å². The molecule has 6 heteroatoms. The van der Waals surface area contributed by atoms with Gasteiger partial charge in [0.2, 0.25) is 0 Å². The van der Waals surface area contributed by atoms with Crippen molar-refractivity contribution < 1.29 is 0 Å². The largest absolute Gasteiger partial charge is 0.369 e. The zero-order valence-electron chi connectivity index (χ0n) is 11.8. The Morgan fingerprint density at radius 3 is 2.74 bits per heavy atom. The highest BCUT2D eigenvalue weighted by Crippen LogP contribution is 2.25. The number of hydrogen-bond donors (Lipinski definition) is 2. The second-order valence-corrected chi connectivity index (χ2v) is 5.02. The first-order valence-electron chi connectivity index (χ1n) is 6.75. The summed E-state index contributed by atoms with van der Waals surface area (Å²) in [6.07, 6.45) is 3.62. The number of nitrogens with one attached hydrogen (secondary N) is 1. The van der Waals surface area contributed by atoms with Crippen LogP contribution in [0.4, 0.5) is 5.82 Å². The van der Waals surface area contributed by atoms with E-state index in [-0.39, 0.29) is 5.41 Å². The van der Waals surface area contributed by atoms with Gasteiger partial charge in [-0.2, -0.15) is 14.6 Å². The monoisotopic (exact) mass is 262 g/mol. The molecule has 0 fully saturated rings. The van der Waals surface area contributed by atoms with E-state index in [2.05, 4.69) is 34.2 Å². The molecule has 0 aliphatic carbocycles. The lowest BCUT2D eigenvalue weighted by molar-refractivity contribution is 0.294. The summed E-state index contributed by atoms with van der Waals surface area (Å²) >= 11 is 0. The molecule has 6 nitrogen and oxygen atoms in total. The van der Waals surface area contributed by atoms with Crippen molar-refractivity contribution in [3.05, 3.63) is 18.1 Å². The van der Waals surface area contributed by atoms with Crippen LogP contribution in [0.5, 0.6) is 0 Å². The highest BCUT2D eigenvalue weighted by Gasteiger charge is 2.24. The van der Waals surface area contributed by atoms with Crippen molar-refractivity contribution in [1.29, 1.82) is 0 Å². The summed E-state index contributed by atoms with van der Waals surface area (Å²) in [5.41, 5.74) is 6.98. The third-order valence-corrected chi connectivity index (χ3v) is 3.96. The zero-order valence-corrected chi connectivity index (χ0v) is 11.8. The standard InChI is InChI=1S/C13H22N6/c1-4-13(5-2,7-14)8-15-11-6-10(3)18-12-16-9-17-19(11)12/h6,9,15H,4-5,7-8,14H2,1-3H3. The molecule has 2 aromatic heterocycles. The molecule has 2 heterocycles. The normalized spacial score (nSPS) is 12.0. The molecular weight excluding hydrogens is 240 g/mol. The van der Waals surface area contributed by atoms with Gasteiger partial charge in [-0.05, 0) is 31.7 Å². The molecule has 0 aliphatic heterocycles. The number of rotatable bonds is 6. The van der Waals surface area contributed by atoms with E-state index in [1.54, 1.807) is 4.52 Å². The minimum absolute atomic E-state index is 0.129.